The second kappa shape index (κ2) is 15.4. The van der Waals surface area contributed by atoms with Gasteiger partial charge in [-0.15, -0.1) is 0 Å². The monoisotopic (exact) mass is 701 g/mol. The summed E-state index contributed by atoms with van der Waals surface area (Å²) >= 11 is 0. The predicted octanol–water partition coefficient (Wildman–Crippen LogP) is 4.92. The van der Waals surface area contributed by atoms with Crippen LogP contribution >= 0.6 is 0 Å². The van der Waals surface area contributed by atoms with Crippen molar-refractivity contribution < 1.29 is 18.9 Å². The molecule has 52 heavy (non-hydrogen) atoms. The van der Waals surface area contributed by atoms with Gasteiger partial charge < -0.3 is 38.5 Å². The largest absolute Gasteiger partial charge is 0.497 e. The van der Waals surface area contributed by atoms with Crippen LogP contribution in [-0.4, -0.2) is 98.3 Å². The average Bonchev–Trinajstić information content (AvgIpc) is 3.66. The fraction of sp³-hybridized carbons (Fsp3) is 0.359. The van der Waals surface area contributed by atoms with Crippen molar-refractivity contribution in [2.45, 2.75) is 19.5 Å². The third kappa shape index (κ3) is 7.28. The van der Waals surface area contributed by atoms with Crippen molar-refractivity contribution in [1.29, 1.82) is 0 Å². The van der Waals surface area contributed by atoms with Gasteiger partial charge in [0.05, 0.1) is 58.2 Å². The molecule has 3 aliphatic rings. The van der Waals surface area contributed by atoms with Crippen LogP contribution in [0.1, 0.15) is 16.7 Å². The molecule has 3 aromatic heterocycles. The first-order valence-corrected chi connectivity index (χ1v) is 17.8. The molecule has 0 aliphatic carbocycles. The molecule has 0 unspecified atom stereocenters. The standard InChI is InChI=1S/C39H43N9O4/c1-49-32-8-3-28(4-9-32)26-47(27-29-5-10-33(50-2)11-6-29)38-41-23-30(24-42-38)36-34-13-14-48(37(34)44-39(43-36)46-17-21-52-22-18-46)31-7-12-35(40-25-31)45-15-19-51-20-16-45/h3-12,23-25H,13-22,26-27H2,1-2H3. The fourth-order valence-corrected chi connectivity index (χ4v) is 6.86. The highest BCUT2D eigenvalue weighted by Gasteiger charge is 2.30. The van der Waals surface area contributed by atoms with E-state index in [1.54, 1.807) is 14.2 Å². The van der Waals surface area contributed by atoms with Crippen LogP contribution < -0.4 is 29.1 Å². The van der Waals surface area contributed by atoms with E-state index in [0.717, 1.165) is 109 Å². The summed E-state index contributed by atoms with van der Waals surface area (Å²) in [6.07, 6.45) is 6.53. The second-order valence-corrected chi connectivity index (χ2v) is 13.0. The molecule has 0 spiro atoms. The van der Waals surface area contributed by atoms with E-state index < -0.39 is 0 Å². The maximum absolute atomic E-state index is 5.66. The molecule has 13 heteroatoms. The molecule has 268 valence electrons. The van der Waals surface area contributed by atoms with Crippen molar-refractivity contribution >= 4 is 29.2 Å². The Morgan fingerprint density at radius 3 is 1.81 bits per heavy atom. The number of ether oxygens (including phenoxy) is 4. The Balaban J connectivity index is 1.11. The Kier molecular flexibility index (Phi) is 9.94. The van der Waals surface area contributed by atoms with E-state index in [4.69, 9.17) is 43.9 Å². The van der Waals surface area contributed by atoms with Crippen LogP contribution in [0.4, 0.5) is 29.2 Å². The van der Waals surface area contributed by atoms with Crippen molar-refractivity contribution in [2.75, 3.05) is 93.0 Å². The zero-order chi connectivity index (χ0) is 35.3. The number of nitrogens with zero attached hydrogens (tertiary/aromatic N) is 9. The van der Waals surface area contributed by atoms with Crippen LogP contribution in [-0.2, 0) is 29.0 Å². The SMILES string of the molecule is COc1ccc(CN(Cc2ccc(OC)cc2)c2ncc(-c3nc(N4CCOCC4)nc4c3CCN4c3ccc(N4CCOCC4)nc3)cn2)cc1. The predicted molar refractivity (Wildman–Crippen MR) is 200 cm³/mol. The lowest BCUT2D eigenvalue weighted by molar-refractivity contribution is 0.122. The van der Waals surface area contributed by atoms with Crippen LogP contribution in [0.2, 0.25) is 0 Å². The molecule has 8 rings (SSSR count). The number of benzene rings is 2. The van der Waals surface area contributed by atoms with Gasteiger partial charge >= 0.3 is 0 Å². The second-order valence-electron chi connectivity index (χ2n) is 13.0. The van der Waals surface area contributed by atoms with Gasteiger partial charge in [0.2, 0.25) is 11.9 Å². The zero-order valence-corrected chi connectivity index (χ0v) is 29.6. The molecule has 2 saturated heterocycles. The number of aromatic nitrogens is 5. The molecular formula is C39H43N9O4. The molecule has 6 heterocycles. The van der Waals surface area contributed by atoms with E-state index in [0.29, 0.717) is 38.2 Å². The molecule has 0 radical (unpaired) electrons. The maximum Gasteiger partial charge on any atom is 0.228 e. The van der Waals surface area contributed by atoms with Gasteiger partial charge in [-0.1, -0.05) is 24.3 Å². The zero-order valence-electron chi connectivity index (χ0n) is 29.6. The minimum Gasteiger partial charge on any atom is -0.497 e. The van der Waals surface area contributed by atoms with Gasteiger partial charge in [-0.05, 0) is 53.9 Å². The van der Waals surface area contributed by atoms with Gasteiger partial charge in [0.25, 0.3) is 0 Å². The highest BCUT2D eigenvalue weighted by atomic mass is 16.5. The molecule has 3 aliphatic heterocycles. The molecule has 0 N–H and O–H groups in total. The van der Waals surface area contributed by atoms with Crippen molar-refractivity contribution in [3.63, 3.8) is 0 Å². The summed E-state index contributed by atoms with van der Waals surface area (Å²) in [5, 5.41) is 0. The molecule has 0 bridgehead atoms. The Labute approximate surface area is 303 Å². The van der Waals surface area contributed by atoms with E-state index >= 15 is 0 Å². The molecule has 5 aromatic rings. The summed E-state index contributed by atoms with van der Waals surface area (Å²) < 4.78 is 22.0. The number of anilines is 5. The fourth-order valence-electron chi connectivity index (χ4n) is 6.86. The van der Waals surface area contributed by atoms with Crippen LogP contribution in [0.15, 0.2) is 79.3 Å². The van der Waals surface area contributed by atoms with Crippen LogP contribution in [0.5, 0.6) is 11.5 Å². The average molecular weight is 702 g/mol. The van der Waals surface area contributed by atoms with E-state index in [1.807, 2.05) is 42.9 Å². The number of rotatable bonds is 11. The Hall–Kier alpha value is -5.53. The van der Waals surface area contributed by atoms with Gasteiger partial charge in [0.1, 0.15) is 23.1 Å². The maximum atomic E-state index is 5.66. The molecule has 0 saturated carbocycles. The van der Waals surface area contributed by atoms with Crippen LogP contribution in [0.3, 0.4) is 0 Å². The molecular weight excluding hydrogens is 658 g/mol. The number of fused-ring (bicyclic) bond motifs is 1. The van der Waals surface area contributed by atoms with Crippen molar-refractivity contribution in [3.05, 3.63) is 95.9 Å². The lowest BCUT2D eigenvalue weighted by Crippen LogP contribution is -2.37. The van der Waals surface area contributed by atoms with Crippen molar-refractivity contribution in [1.82, 2.24) is 24.9 Å². The summed E-state index contributed by atoms with van der Waals surface area (Å²) in [6.45, 7) is 7.90. The Morgan fingerprint density at radius 1 is 0.654 bits per heavy atom. The Bertz CT molecular complexity index is 1880. The van der Waals surface area contributed by atoms with Crippen molar-refractivity contribution in [3.8, 4) is 22.8 Å². The van der Waals surface area contributed by atoms with Crippen molar-refractivity contribution in [2.24, 2.45) is 0 Å². The summed E-state index contributed by atoms with van der Waals surface area (Å²) in [4.78, 5) is 33.9. The minimum absolute atomic E-state index is 0.618. The molecule has 13 nitrogen and oxygen atoms in total. The number of pyridine rings is 1. The summed E-state index contributed by atoms with van der Waals surface area (Å²) in [5.41, 5.74) is 6.05. The lowest BCUT2D eigenvalue weighted by atomic mass is 10.1. The summed E-state index contributed by atoms with van der Waals surface area (Å²) in [6, 6.07) is 20.4. The minimum atomic E-state index is 0.618. The van der Waals surface area contributed by atoms with E-state index in [-0.39, 0.29) is 0 Å². The Morgan fingerprint density at radius 2 is 1.25 bits per heavy atom. The number of hydrogen-bond donors (Lipinski definition) is 0. The summed E-state index contributed by atoms with van der Waals surface area (Å²) in [5.74, 6) is 4.82. The molecule has 0 amide bonds. The lowest BCUT2D eigenvalue weighted by Gasteiger charge is -2.29. The van der Waals surface area contributed by atoms with Gasteiger partial charge in [0.15, 0.2) is 0 Å². The van der Waals surface area contributed by atoms with Gasteiger partial charge in [-0.3, -0.25) is 0 Å². The van der Waals surface area contributed by atoms with E-state index in [1.165, 1.54) is 0 Å². The quantitative estimate of drug-likeness (QED) is 0.186. The molecule has 0 atom stereocenters. The normalized spacial score (nSPS) is 15.8. The summed E-state index contributed by atoms with van der Waals surface area (Å²) in [7, 11) is 3.35. The van der Waals surface area contributed by atoms with E-state index in [2.05, 4.69) is 56.0 Å². The highest BCUT2D eigenvalue weighted by Crippen LogP contribution is 2.39. The first kappa shape index (κ1) is 33.6. The number of morpholine rings is 2. The third-order valence-electron chi connectivity index (χ3n) is 9.75. The van der Waals surface area contributed by atoms with Gasteiger partial charge in [-0.25, -0.2) is 19.9 Å². The number of hydrogen-bond acceptors (Lipinski definition) is 13. The van der Waals surface area contributed by atoms with Crippen LogP contribution in [0.25, 0.3) is 11.3 Å². The third-order valence-corrected chi connectivity index (χ3v) is 9.75. The van der Waals surface area contributed by atoms with E-state index in [9.17, 15) is 0 Å². The molecule has 2 aromatic carbocycles. The highest BCUT2D eigenvalue weighted by molar-refractivity contribution is 5.77. The van der Waals surface area contributed by atoms with Gasteiger partial charge in [-0.2, -0.15) is 4.98 Å². The van der Waals surface area contributed by atoms with Crippen LogP contribution in [0, 0.1) is 0 Å². The smallest absolute Gasteiger partial charge is 0.228 e. The number of methoxy groups -OCH3 is 2. The first-order chi connectivity index (χ1) is 25.6. The topological polar surface area (TPSA) is 114 Å². The van der Waals surface area contributed by atoms with Gasteiger partial charge in [0, 0.05) is 69.3 Å². The first-order valence-electron chi connectivity index (χ1n) is 17.8. The molecule has 2 fully saturated rings.